The van der Waals surface area contributed by atoms with E-state index in [1.165, 1.54) is 0 Å². The van der Waals surface area contributed by atoms with Gasteiger partial charge in [0.05, 0.1) is 10.6 Å². The van der Waals surface area contributed by atoms with Crippen molar-refractivity contribution in [1.82, 2.24) is 0 Å². The SMILES string of the molecule is Cc1cccc(N2C(=O)S/C(=C/c3cccc(OCC(=O)O)c3)C2=O)c1. The van der Waals surface area contributed by atoms with E-state index < -0.39 is 12.6 Å². The quantitative estimate of drug-likeness (QED) is 0.809. The maximum atomic E-state index is 12.6. The third-order valence-electron chi connectivity index (χ3n) is 3.57. The number of amides is 2. The summed E-state index contributed by atoms with van der Waals surface area (Å²) in [6.07, 6.45) is 1.59. The van der Waals surface area contributed by atoms with Gasteiger partial charge in [0.1, 0.15) is 5.75 Å². The number of aryl methyl sites for hydroxylation is 1. The predicted molar refractivity (Wildman–Crippen MR) is 99.2 cm³/mol. The van der Waals surface area contributed by atoms with Crippen LogP contribution in [0.4, 0.5) is 10.5 Å². The maximum absolute atomic E-state index is 12.6. The van der Waals surface area contributed by atoms with Gasteiger partial charge >= 0.3 is 5.97 Å². The first-order valence-electron chi connectivity index (χ1n) is 7.73. The Morgan fingerprint density at radius 3 is 2.69 bits per heavy atom. The Hall–Kier alpha value is -3.06. The summed E-state index contributed by atoms with van der Waals surface area (Å²) < 4.78 is 5.13. The largest absolute Gasteiger partial charge is 0.482 e. The lowest BCUT2D eigenvalue weighted by atomic mass is 10.2. The number of anilines is 1. The molecule has 2 amide bonds. The third-order valence-corrected chi connectivity index (χ3v) is 4.44. The molecular formula is C19H15NO5S. The number of carboxylic acid groups (broad SMARTS) is 1. The lowest BCUT2D eigenvalue weighted by Gasteiger charge is -2.12. The fourth-order valence-corrected chi connectivity index (χ4v) is 3.29. The van der Waals surface area contributed by atoms with Crippen molar-refractivity contribution in [2.24, 2.45) is 0 Å². The summed E-state index contributed by atoms with van der Waals surface area (Å²) in [5.41, 5.74) is 2.13. The summed E-state index contributed by atoms with van der Waals surface area (Å²) in [7, 11) is 0. The second kappa shape index (κ2) is 7.45. The molecule has 1 aliphatic rings. The van der Waals surface area contributed by atoms with Crippen LogP contribution >= 0.6 is 11.8 Å². The summed E-state index contributed by atoms with van der Waals surface area (Å²) in [4.78, 5) is 36.9. The van der Waals surface area contributed by atoms with Gasteiger partial charge in [-0.3, -0.25) is 9.59 Å². The highest BCUT2D eigenvalue weighted by Gasteiger charge is 2.36. The predicted octanol–water partition coefficient (Wildman–Crippen LogP) is 3.70. The van der Waals surface area contributed by atoms with Crippen LogP contribution in [-0.4, -0.2) is 28.8 Å². The number of ether oxygens (including phenoxy) is 1. The monoisotopic (exact) mass is 369 g/mol. The van der Waals surface area contributed by atoms with E-state index in [0.717, 1.165) is 22.2 Å². The van der Waals surface area contributed by atoms with Crippen molar-refractivity contribution in [2.45, 2.75) is 6.92 Å². The number of aliphatic carboxylic acids is 1. The highest BCUT2D eigenvalue weighted by molar-refractivity contribution is 8.19. The van der Waals surface area contributed by atoms with Gasteiger partial charge in [0.2, 0.25) is 0 Å². The van der Waals surface area contributed by atoms with Crippen molar-refractivity contribution in [3.8, 4) is 5.75 Å². The molecule has 0 unspecified atom stereocenters. The van der Waals surface area contributed by atoms with Gasteiger partial charge in [0.25, 0.3) is 11.1 Å². The molecule has 132 valence electrons. The number of carbonyl (C=O) groups is 3. The van der Waals surface area contributed by atoms with E-state index in [-0.39, 0.29) is 11.1 Å². The van der Waals surface area contributed by atoms with Gasteiger partial charge in [-0.05, 0) is 60.2 Å². The molecule has 0 aromatic heterocycles. The normalized spacial score (nSPS) is 15.6. The maximum Gasteiger partial charge on any atom is 0.341 e. The van der Waals surface area contributed by atoms with Gasteiger partial charge < -0.3 is 9.84 Å². The van der Waals surface area contributed by atoms with Crippen molar-refractivity contribution < 1.29 is 24.2 Å². The molecule has 0 spiro atoms. The van der Waals surface area contributed by atoms with E-state index in [1.807, 2.05) is 13.0 Å². The molecule has 0 saturated carbocycles. The molecule has 2 aromatic rings. The molecule has 1 N–H and O–H groups in total. The molecule has 26 heavy (non-hydrogen) atoms. The summed E-state index contributed by atoms with van der Waals surface area (Å²) in [5, 5.41) is 8.31. The Morgan fingerprint density at radius 2 is 1.96 bits per heavy atom. The summed E-state index contributed by atoms with van der Waals surface area (Å²) in [5.74, 6) is -1.09. The Bertz CT molecular complexity index is 922. The molecule has 0 aliphatic carbocycles. The fraction of sp³-hybridized carbons (Fsp3) is 0.105. The van der Waals surface area contributed by atoms with Crippen molar-refractivity contribution in [1.29, 1.82) is 0 Å². The van der Waals surface area contributed by atoms with Crippen molar-refractivity contribution in [3.05, 3.63) is 64.6 Å². The van der Waals surface area contributed by atoms with Crippen LogP contribution in [0, 0.1) is 6.92 Å². The van der Waals surface area contributed by atoms with E-state index in [0.29, 0.717) is 21.9 Å². The van der Waals surface area contributed by atoms with Crippen LogP contribution < -0.4 is 9.64 Å². The standard InChI is InChI=1S/C19H15NO5S/c1-12-4-2-6-14(8-12)20-18(23)16(26-19(20)24)10-13-5-3-7-15(9-13)25-11-17(21)22/h2-10H,11H2,1H3,(H,21,22)/b16-10+. The number of carbonyl (C=O) groups excluding carboxylic acids is 2. The zero-order valence-corrected chi connectivity index (χ0v) is 14.7. The van der Waals surface area contributed by atoms with Crippen molar-refractivity contribution in [2.75, 3.05) is 11.5 Å². The fourth-order valence-electron chi connectivity index (χ4n) is 2.45. The minimum atomic E-state index is -1.07. The second-order valence-electron chi connectivity index (χ2n) is 5.61. The van der Waals surface area contributed by atoms with Crippen LogP contribution in [0.3, 0.4) is 0 Å². The molecule has 7 heteroatoms. The minimum Gasteiger partial charge on any atom is -0.482 e. The molecule has 2 aromatic carbocycles. The molecule has 1 fully saturated rings. The number of benzene rings is 2. The first kappa shape index (κ1) is 17.8. The Morgan fingerprint density at radius 1 is 1.19 bits per heavy atom. The van der Waals surface area contributed by atoms with Gasteiger partial charge in [0, 0.05) is 0 Å². The summed E-state index contributed by atoms with van der Waals surface area (Å²) in [6, 6.07) is 13.8. The van der Waals surface area contributed by atoms with Crippen molar-refractivity contribution >= 4 is 40.6 Å². The minimum absolute atomic E-state index is 0.298. The van der Waals surface area contributed by atoms with Crippen LogP contribution in [0.25, 0.3) is 6.08 Å². The van der Waals surface area contributed by atoms with E-state index in [4.69, 9.17) is 9.84 Å². The molecule has 1 aliphatic heterocycles. The number of carboxylic acids is 1. The second-order valence-corrected chi connectivity index (χ2v) is 6.60. The number of rotatable bonds is 5. The molecule has 6 nitrogen and oxygen atoms in total. The third kappa shape index (κ3) is 3.94. The molecular weight excluding hydrogens is 354 g/mol. The van der Waals surface area contributed by atoms with Gasteiger partial charge in [-0.15, -0.1) is 0 Å². The highest BCUT2D eigenvalue weighted by atomic mass is 32.2. The molecule has 0 atom stereocenters. The average Bonchev–Trinajstić information content (AvgIpc) is 2.87. The summed E-state index contributed by atoms with van der Waals surface area (Å²) >= 11 is 0.865. The van der Waals surface area contributed by atoms with E-state index in [2.05, 4.69) is 0 Å². The van der Waals surface area contributed by atoms with Gasteiger partial charge in [-0.2, -0.15) is 0 Å². The number of hydrogen-bond acceptors (Lipinski definition) is 5. The first-order chi connectivity index (χ1) is 12.4. The van der Waals surface area contributed by atoms with Gasteiger partial charge in [-0.1, -0.05) is 24.3 Å². The Kier molecular flexibility index (Phi) is 5.09. The molecule has 0 bridgehead atoms. The van der Waals surface area contributed by atoms with Gasteiger partial charge in [0.15, 0.2) is 6.61 Å². The van der Waals surface area contributed by atoms with Crippen LogP contribution in [0.2, 0.25) is 0 Å². The number of imide groups is 1. The van der Waals surface area contributed by atoms with E-state index in [9.17, 15) is 14.4 Å². The Balaban J connectivity index is 1.84. The van der Waals surface area contributed by atoms with Crippen LogP contribution in [-0.2, 0) is 9.59 Å². The van der Waals surface area contributed by atoms with Crippen LogP contribution in [0.1, 0.15) is 11.1 Å². The highest BCUT2D eigenvalue weighted by Crippen LogP contribution is 2.36. The number of hydrogen-bond donors (Lipinski definition) is 1. The van der Waals surface area contributed by atoms with E-state index in [1.54, 1.807) is 48.5 Å². The zero-order valence-electron chi connectivity index (χ0n) is 13.8. The summed E-state index contributed by atoms with van der Waals surface area (Å²) in [6.45, 7) is 1.44. The van der Waals surface area contributed by atoms with Crippen molar-refractivity contribution in [3.63, 3.8) is 0 Å². The molecule has 0 radical (unpaired) electrons. The first-order valence-corrected chi connectivity index (χ1v) is 8.55. The Labute approximate surface area is 154 Å². The molecule has 1 heterocycles. The van der Waals surface area contributed by atoms with Crippen LogP contribution in [0.5, 0.6) is 5.75 Å². The van der Waals surface area contributed by atoms with E-state index >= 15 is 0 Å². The molecule has 1 saturated heterocycles. The van der Waals surface area contributed by atoms with Gasteiger partial charge in [-0.25, -0.2) is 9.69 Å². The number of nitrogens with zero attached hydrogens (tertiary/aromatic N) is 1. The number of thioether (sulfide) groups is 1. The average molecular weight is 369 g/mol. The smallest absolute Gasteiger partial charge is 0.341 e. The van der Waals surface area contributed by atoms with Crippen LogP contribution in [0.15, 0.2) is 53.4 Å². The lowest BCUT2D eigenvalue weighted by molar-refractivity contribution is -0.139. The lowest BCUT2D eigenvalue weighted by Crippen LogP contribution is -2.27. The topological polar surface area (TPSA) is 83.9 Å². The molecule has 3 rings (SSSR count). The zero-order chi connectivity index (χ0) is 18.7.